The van der Waals surface area contributed by atoms with E-state index >= 15 is 0 Å². The van der Waals surface area contributed by atoms with Crippen LogP contribution in [0.4, 0.5) is 0 Å². The standard InChI is InChI=1S/C17H21N3O.ClH/c18-12-14-4-1-2-5-15(14)13-20-11-3-6-17(16(20)21)7-9-19-10-8-17;/h1-2,4-5,19H,3,6-11,13H2;1H. The summed E-state index contributed by atoms with van der Waals surface area (Å²) in [5.41, 5.74) is 1.49. The van der Waals surface area contributed by atoms with E-state index in [1.807, 2.05) is 29.2 Å². The first kappa shape index (κ1) is 16.8. The molecule has 0 atom stereocenters. The number of nitrogens with zero attached hydrogens (tertiary/aromatic N) is 2. The van der Waals surface area contributed by atoms with Gasteiger partial charge in [-0.2, -0.15) is 5.26 Å². The second-order valence-electron chi connectivity index (χ2n) is 6.13. The predicted octanol–water partition coefficient (Wildman–Crippen LogP) is 2.47. The molecule has 3 rings (SSSR count). The molecule has 2 saturated heterocycles. The van der Waals surface area contributed by atoms with Crippen molar-refractivity contribution in [3.05, 3.63) is 35.4 Å². The predicted molar refractivity (Wildman–Crippen MR) is 87.6 cm³/mol. The van der Waals surface area contributed by atoms with E-state index in [-0.39, 0.29) is 17.8 Å². The fourth-order valence-corrected chi connectivity index (χ4v) is 3.65. The molecule has 2 heterocycles. The number of nitrogens with one attached hydrogen (secondary N) is 1. The summed E-state index contributed by atoms with van der Waals surface area (Å²) in [4.78, 5) is 14.9. The summed E-state index contributed by atoms with van der Waals surface area (Å²) in [5.74, 6) is 0.294. The van der Waals surface area contributed by atoms with Crippen LogP contribution in [0.15, 0.2) is 24.3 Å². The van der Waals surface area contributed by atoms with Gasteiger partial charge in [-0.05, 0) is 50.4 Å². The summed E-state index contributed by atoms with van der Waals surface area (Å²) in [5, 5.41) is 12.5. The number of halogens is 1. The molecule has 5 heteroatoms. The first-order chi connectivity index (χ1) is 10.2. The fourth-order valence-electron chi connectivity index (χ4n) is 3.65. The van der Waals surface area contributed by atoms with Gasteiger partial charge in [0.25, 0.3) is 0 Å². The maximum Gasteiger partial charge on any atom is 0.229 e. The van der Waals surface area contributed by atoms with Gasteiger partial charge in [0.15, 0.2) is 0 Å². The number of carbonyl (C=O) groups is 1. The van der Waals surface area contributed by atoms with Crippen molar-refractivity contribution in [2.45, 2.75) is 32.2 Å². The minimum Gasteiger partial charge on any atom is -0.338 e. The first-order valence-electron chi connectivity index (χ1n) is 7.73. The average Bonchev–Trinajstić information content (AvgIpc) is 2.53. The zero-order chi connectivity index (χ0) is 14.7. The summed E-state index contributed by atoms with van der Waals surface area (Å²) in [6, 6.07) is 9.81. The SMILES string of the molecule is Cl.N#Cc1ccccc1CN1CCCC2(CCNCC2)C1=O. The van der Waals surface area contributed by atoms with E-state index in [9.17, 15) is 10.1 Å². The minimum absolute atomic E-state index is 0. The van der Waals surface area contributed by atoms with Gasteiger partial charge in [-0.3, -0.25) is 4.79 Å². The Morgan fingerprint density at radius 2 is 1.95 bits per heavy atom. The van der Waals surface area contributed by atoms with Crippen LogP contribution in [0.25, 0.3) is 0 Å². The molecule has 0 aromatic heterocycles. The number of hydrogen-bond donors (Lipinski definition) is 1. The van der Waals surface area contributed by atoms with Gasteiger partial charge < -0.3 is 10.2 Å². The molecule has 118 valence electrons. The Kier molecular flexibility index (Phi) is 5.44. The van der Waals surface area contributed by atoms with Crippen LogP contribution in [-0.4, -0.2) is 30.4 Å². The number of likely N-dealkylation sites (tertiary alicyclic amines) is 1. The van der Waals surface area contributed by atoms with Gasteiger partial charge in [-0.15, -0.1) is 12.4 Å². The number of carbonyl (C=O) groups excluding carboxylic acids is 1. The van der Waals surface area contributed by atoms with Crippen LogP contribution in [0.1, 0.15) is 36.8 Å². The second kappa shape index (κ2) is 7.13. The molecule has 1 amide bonds. The zero-order valence-electron chi connectivity index (χ0n) is 12.7. The number of hydrogen-bond acceptors (Lipinski definition) is 3. The van der Waals surface area contributed by atoms with Crippen molar-refractivity contribution in [1.29, 1.82) is 5.26 Å². The van der Waals surface area contributed by atoms with E-state index in [1.165, 1.54) is 0 Å². The monoisotopic (exact) mass is 319 g/mol. The molecule has 2 fully saturated rings. The third-order valence-electron chi connectivity index (χ3n) is 4.88. The largest absolute Gasteiger partial charge is 0.338 e. The summed E-state index contributed by atoms with van der Waals surface area (Å²) in [6.45, 7) is 3.26. The minimum atomic E-state index is -0.148. The highest BCUT2D eigenvalue weighted by Crippen LogP contribution is 2.39. The first-order valence-corrected chi connectivity index (χ1v) is 7.73. The number of piperidine rings is 2. The van der Waals surface area contributed by atoms with Crippen molar-refractivity contribution in [3.63, 3.8) is 0 Å². The molecular formula is C17H22ClN3O. The third kappa shape index (κ3) is 3.11. The molecule has 1 spiro atoms. The summed E-state index contributed by atoms with van der Waals surface area (Å²) >= 11 is 0. The van der Waals surface area contributed by atoms with E-state index < -0.39 is 0 Å². The Hall–Kier alpha value is -1.57. The highest BCUT2D eigenvalue weighted by atomic mass is 35.5. The maximum atomic E-state index is 12.9. The van der Waals surface area contributed by atoms with Crippen molar-refractivity contribution in [2.75, 3.05) is 19.6 Å². The van der Waals surface area contributed by atoms with Crippen molar-refractivity contribution in [3.8, 4) is 6.07 Å². The van der Waals surface area contributed by atoms with E-state index in [2.05, 4.69) is 11.4 Å². The van der Waals surface area contributed by atoms with Crippen molar-refractivity contribution in [2.24, 2.45) is 5.41 Å². The van der Waals surface area contributed by atoms with Crippen LogP contribution in [0.2, 0.25) is 0 Å². The summed E-state index contributed by atoms with van der Waals surface area (Å²) in [6.07, 6.45) is 3.98. The van der Waals surface area contributed by atoms with E-state index in [4.69, 9.17) is 0 Å². The van der Waals surface area contributed by atoms with Crippen molar-refractivity contribution in [1.82, 2.24) is 10.2 Å². The molecule has 0 radical (unpaired) electrons. The molecule has 0 aliphatic carbocycles. The molecule has 1 N–H and O–H groups in total. The average molecular weight is 320 g/mol. The van der Waals surface area contributed by atoms with Crippen LogP contribution < -0.4 is 5.32 Å². The van der Waals surface area contributed by atoms with E-state index in [0.717, 1.165) is 50.9 Å². The van der Waals surface area contributed by atoms with E-state index in [1.54, 1.807) is 0 Å². The molecule has 22 heavy (non-hydrogen) atoms. The van der Waals surface area contributed by atoms with Gasteiger partial charge in [0.2, 0.25) is 5.91 Å². The lowest BCUT2D eigenvalue weighted by Crippen LogP contribution is -2.52. The third-order valence-corrected chi connectivity index (χ3v) is 4.88. The normalized spacial score (nSPS) is 20.3. The smallest absolute Gasteiger partial charge is 0.229 e. The number of rotatable bonds is 2. The molecule has 1 aromatic carbocycles. The molecule has 0 saturated carbocycles. The topological polar surface area (TPSA) is 56.1 Å². The molecule has 0 bridgehead atoms. The van der Waals surface area contributed by atoms with Crippen LogP contribution in [0, 0.1) is 16.7 Å². The number of amides is 1. The maximum absolute atomic E-state index is 12.9. The Bertz CT molecular complexity index is 570. The quantitative estimate of drug-likeness (QED) is 0.911. The van der Waals surface area contributed by atoms with Crippen LogP contribution in [-0.2, 0) is 11.3 Å². The van der Waals surface area contributed by atoms with Gasteiger partial charge in [-0.1, -0.05) is 18.2 Å². The Morgan fingerprint density at radius 3 is 2.68 bits per heavy atom. The number of nitriles is 1. The lowest BCUT2D eigenvalue weighted by atomic mass is 9.72. The highest BCUT2D eigenvalue weighted by molar-refractivity contribution is 5.85. The molecule has 4 nitrogen and oxygen atoms in total. The summed E-state index contributed by atoms with van der Waals surface area (Å²) < 4.78 is 0. The Balaban J connectivity index is 0.00000176. The van der Waals surface area contributed by atoms with Crippen molar-refractivity contribution < 1.29 is 4.79 Å². The molecule has 0 unspecified atom stereocenters. The van der Waals surface area contributed by atoms with Crippen molar-refractivity contribution >= 4 is 18.3 Å². The highest BCUT2D eigenvalue weighted by Gasteiger charge is 2.44. The van der Waals surface area contributed by atoms with Gasteiger partial charge in [-0.25, -0.2) is 0 Å². The molecular weight excluding hydrogens is 298 g/mol. The van der Waals surface area contributed by atoms with Crippen LogP contribution in [0.3, 0.4) is 0 Å². The second-order valence-corrected chi connectivity index (χ2v) is 6.13. The molecule has 1 aromatic rings. The van der Waals surface area contributed by atoms with Gasteiger partial charge in [0.1, 0.15) is 0 Å². The molecule has 2 aliphatic heterocycles. The fraction of sp³-hybridized carbons (Fsp3) is 0.529. The zero-order valence-corrected chi connectivity index (χ0v) is 13.5. The van der Waals surface area contributed by atoms with E-state index in [0.29, 0.717) is 18.0 Å². The Morgan fingerprint density at radius 1 is 1.23 bits per heavy atom. The van der Waals surface area contributed by atoms with Crippen LogP contribution in [0.5, 0.6) is 0 Å². The lowest BCUT2D eigenvalue weighted by molar-refractivity contribution is -0.149. The number of benzene rings is 1. The van der Waals surface area contributed by atoms with Gasteiger partial charge in [0, 0.05) is 13.1 Å². The lowest BCUT2D eigenvalue weighted by Gasteiger charge is -2.44. The van der Waals surface area contributed by atoms with Crippen LogP contribution >= 0.6 is 12.4 Å². The van der Waals surface area contributed by atoms with Gasteiger partial charge in [0.05, 0.1) is 17.0 Å². The van der Waals surface area contributed by atoms with Gasteiger partial charge >= 0.3 is 0 Å². The molecule has 2 aliphatic rings. The summed E-state index contributed by atoms with van der Waals surface area (Å²) in [7, 11) is 0. The Labute approximate surface area is 137 Å².